The lowest BCUT2D eigenvalue weighted by atomic mass is 10.6. The third-order valence-electron chi connectivity index (χ3n) is 1.51. The molecule has 0 radical (unpaired) electrons. The Bertz CT molecular complexity index is 378. The van der Waals surface area contributed by atoms with Crippen LogP contribution in [0, 0.1) is 0 Å². The minimum absolute atomic E-state index is 0.243. The summed E-state index contributed by atoms with van der Waals surface area (Å²) < 4.78 is 44.6. The van der Waals surface area contributed by atoms with Gasteiger partial charge in [-0.1, -0.05) is 0 Å². The second-order valence-corrected chi connectivity index (χ2v) is 3.07. The fourth-order valence-corrected chi connectivity index (χ4v) is 0.909. The van der Waals surface area contributed by atoms with Gasteiger partial charge in [-0.3, -0.25) is 4.68 Å². The Hall–Kier alpha value is -1.77. The third-order valence-corrected chi connectivity index (χ3v) is 1.51. The second-order valence-electron chi connectivity index (χ2n) is 3.07. The summed E-state index contributed by atoms with van der Waals surface area (Å²) in [4.78, 5) is 11.1. The predicted octanol–water partition coefficient (Wildman–Crippen LogP) is 0.545. The number of nitrogen functional groups attached to an aromatic ring is 1. The number of hydrogen-bond acceptors (Lipinski definition) is 5. The average Bonchev–Trinajstić information content (AvgIpc) is 2.57. The lowest BCUT2D eigenvalue weighted by molar-refractivity contribution is -0.200. The lowest BCUT2D eigenvalue weighted by Gasteiger charge is -2.08. The van der Waals surface area contributed by atoms with Crippen LogP contribution in [0.1, 0.15) is 0 Å². The van der Waals surface area contributed by atoms with Gasteiger partial charge in [-0.2, -0.15) is 18.3 Å². The Morgan fingerprint density at radius 1 is 1.53 bits per heavy atom. The van der Waals surface area contributed by atoms with Crippen molar-refractivity contribution in [3.63, 3.8) is 0 Å². The van der Waals surface area contributed by atoms with Gasteiger partial charge in [0.1, 0.15) is 13.2 Å². The molecular formula is C8H10F3N3O3. The molecule has 2 N–H and O–H groups in total. The molecule has 0 spiro atoms. The number of carbonyl (C=O) groups excluding carboxylic acids is 1. The van der Waals surface area contributed by atoms with Gasteiger partial charge in [0, 0.05) is 6.20 Å². The summed E-state index contributed by atoms with van der Waals surface area (Å²) >= 11 is 0. The van der Waals surface area contributed by atoms with Crippen molar-refractivity contribution in [2.24, 2.45) is 0 Å². The van der Waals surface area contributed by atoms with E-state index in [0.717, 1.165) is 0 Å². The van der Waals surface area contributed by atoms with E-state index in [-0.39, 0.29) is 6.54 Å². The number of halogens is 3. The highest BCUT2D eigenvalue weighted by atomic mass is 19.4. The molecule has 0 aromatic carbocycles. The number of hydrogen-bond donors (Lipinski definition) is 1. The van der Waals surface area contributed by atoms with Crippen LogP contribution in [-0.4, -0.2) is 35.3 Å². The number of alkyl halides is 3. The van der Waals surface area contributed by atoms with Crippen molar-refractivity contribution < 1.29 is 27.4 Å². The summed E-state index contributed by atoms with van der Waals surface area (Å²) in [6.45, 7) is -2.46. The monoisotopic (exact) mass is 253 g/mol. The molecule has 0 aliphatic heterocycles. The van der Waals surface area contributed by atoms with E-state index in [2.05, 4.69) is 14.6 Å². The summed E-state index contributed by atoms with van der Waals surface area (Å²) in [5.41, 5.74) is 5.71. The van der Waals surface area contributed by atoms with Gasteiger partial charge < -0.3 is 15.2 Å². The molecule has 0 aliphatic rings. The highest BCUT2D eigenvalue weighted by Crippen LogP contribution is 2.14. The number of aromatic nitrogens is 2. The van der Waals surface area contributed by atoms with Gasteiger partial charge in [-0.15, -0.1) is 0 Å². The molecule has 0 aliphatic carbocycles. The van der Waals surface area contributed by atoms with E-state index in [1.165, 1.54) is 17.1 Å². The SMILES string of the molecule is Nc1cnn(CC(=O)OCOCC(F)(F)F)c1. The zero-order chi connectivity index (χ0) is 12.9. The second kappa shape index (κ2) is 5.53. The normalized spacial score (nSPS) is 11.5. The number of esters is 1. The fraction of sp³-hybridized carbons (Fsp3) is 0.500. The molecule has 0 atom stereocenters. The standard InChI is InChI=1S/C8H10F3N3O3/c9-8(10,11)4-16-5-17-7(15)3-14-2-6(12)1-13-14/h1-2H,3-5,12H2. The molecule has 0 unspecified atom stereocenters. The summed E-state index contributed by atoms with van der Waals surface area (Å²) in [6, 6.07) is 0. The summed E-state index contributed by atoms with van der Waals surface area (Å²) in [7, 11) is 0. The summed E-state index contributed by atoms with van der Waals surface area (Å²) in [5, 5.41) is 3.69. The van der Waals surface area contributed by atoms with Crippen molar-refractivity contribution in [2.75, 3.05) is 19.1 Å². The quantitative estimate of drug-likeness (QED) is 0.471. The number of ether oxygens (including phenoxy) is 2. The molecule has 96 valence electrons. The Balaban J connectivity index is 2.18. The number of carbonyl (C=O) groups is 1. The van der Waals surface area contributed by atoms with Crippen molar-refractivity contribution in [3.05, 3.63) is 12.4 Å². The fourth-order valence-electron chi connectivity index (χ4n) is 0.909. The van der Waals surface area contributed by atoms with E-state index in [4.69, 9.17) is 5.73 Å². The Labute approximate surface area is 94.1 Å². The molecular weight excluding hydrogens is 243 g/mol. The van der Waals surface area contributed by atoms with E-state index in [1.54, 1.807) is 0 Å². The Kier molecular flexibility index (Phi) is 4.32. The lowest BCUT2D eigenvalue weighted by Crippen LogP contribution is -2.21. The van der Waals surface area contributed by atoms with Crippen LogP contribution in [0.15, 0.2) is 12.4 Å². The highest BCUT2D eigenvalue weighted by Gasteiger charge is 2.27. The summed E-state index contributed by atoms with van der Waals surface area (Å²) in [5.74, 6) is -0.768. The van der Waals surface area contributed by atoms with Gasteiger partial charge in [0.05, 0.1) is 11.9 Å². The first-order chi connectivity index (χ1) is 7.87. The number of nitrogens with zero attached hydrogens (tertiary/aromatic N) is 2. The smallest absolute Gasteiger partial charge is 0.411 e. The minimum Gasteiger partial charge on any atom is -0.437 e. The van der Waals surface area contributed by atoms with Crippen LogP contribution in [0.5, 0.6) is 0 Å². The van der Waals surface area contributed by atoms with E-state index in [1.807, 2.05) is 0 Å². The zero-order valence-electron chi connectivity index (χ0n) is 8.61. The molecule has 6 nitrogen and oxygen atoms in total. The minimum atomic E-state index is -4.44. The first-order valence-electron chi connectivity index (χ1n) is 4.45. The molecule has 0 amide bonds. The molecule has 0 bridgehead atoms. The highest BCUT2D eigenvalue weighted by molar-refractivity contribution is 5.69. The van der Waals surface area contributed by atoms with E-state index in [9.17, 15) is 18.0 Å². The molecule has 1 heterocycles. The van der Waals surface area contributed by atoms with Crippen molar-refractivity contribution >= 4 is 11.7 Å². The predicted molar refractivity (Wildman–Crippen MR) is 49.6 cm³/mol. The first-order valence-corrected chi connectivity index (χ1v) is 4.45. The van der Waals surface area contributed by atoms with Gasteiger partial charge in [0.2, 0.25) is 0 Å². The maximum Gasteiger partial charge on any atom is 0.411 e. The molecule has 9 heteroatoms. The summed E-state index contributed by atoms with van der Waals surface area (Å²) in [6.07, 6.45) is -1.73. The van der Waals surface area contributed by atoms with E-state index >= 15 is 0 Å². The van der Waals surface area contributed by atoms with Crippen LogP contribution in [0.25, 0.3) is 0 Å². The van der Waals surface area contributed by atoms with Crippen LogP contribution < -0.4 is 5.73 Å². The first kappa shape index (κ1) is 13.3. The molecule has 0 saturated carbocycles. The van der Waals surface area contributed by atoms with Crippen LogP contribution >= 0.6 is 0 Å². The maximum atomic E-state index is 11.6. The molecule has 1 rings (SSSR count). The van der Waals surface area contributed by atoms with E-state index in [0.29, 0.717) is 5.69 Å². The van der Waals surface area contributed by atoms with Gasteiger partial charge in [-0.25, -0.2) is 4.79 Å². The molecule has 17 heavy (non-hydrogen) atoms. The van der Waals surface area contributed by atoms with Gasteiger partial charge in [0.25, 0.3) is 0 Å². The number of anilines is 1. The van der Waals surface area contributed by atoms with Crippen LogP contribution in [0.4, 0.5) is 18.9 Å². The average molecular weight is 253 g/mol. The largest absolute Gasteiger partial charge is 0.437 e. The molecule has 0 fully saturated rings. The van der Waals surface area contributed by atoms with E-state index < -0.39 is 25.5 Å². The van der Waals surface area contributed by atoms with Gasteiger partial charge >= 0.3 is 12.1 Å². The Morgan fingerprint density at radius 3 is 2.76 bits per heavy atom. The number of nitrogens with two attached hydrogens (primary N) is 1. The molecule has 1 aromatic rings. The van der Waals surface area contributed by atoms with Crippen molar-refractivity contribution in [2.45, 2.75) is 12.7 Å². The van der Waals surface area contributed by atoms with Crippen LogP contribution in [0.2, 0.25) is 0 Å². The van der Waals surface area contributed by atoms with Crippen molar-refractivity contribution in [3.8, 4) is 0 Å². The van der Waals surface area contributed by atoms with Gasteiger partial charge in [-0.05, 0) is 0 Å². The molecule has 0 saturated heterocycles. The maximum absolute atomic E-state index is 11.6. The molecule has 1 aromatic heterocycles. The van der Waals surface area contributed by atoms with Crippen molar-refractivity contribution in [1.82, 2.24) is 9.78 Å². The Morgan fingerprint density at radius 2 is 2.24 bits per heavy atom. The zero-order valence-corrected chi connectivity index (χ0v) is 8.61. The number of rotatable bonds is 5. The topological polar surface area (TPSA) is 79.4 Å². The van der Waals surface area contributed by atoms with Gasteiger partial charge in [0.15, 0.2) is 6.79 Å². The van der Waals surface area contributed by atoms with Crippen LogP contribution in [-0.2, 0) is 20.8 Å². The third kappa shape index (κ3) is 5.76. The van der Waals surface area contributed by atoms with Crippen LogP contribution in [0.3, 0.4) is 0 Å². The van der Waals surface area contributed by atoms with Crippen molar-refractivity contribution in [1.29, 1.82) is 0 Å².